The number of aromatic nitrogens is 3. The second-order valence-electron chi connectivity index (χ2n) is 7.70. The molecule has 174 valence electrons. The van der Waals surface area contributed by atoms with Crippen molar-refractivity contribution in [3.63, 3.8) is 0 Å². The Kier molecular flexibility index (Phi) is 6.25. The zero-order chi connectivity index (χ0) is 23.1. The van der Waals surface area contributed by atoms with E-state index in [1.165, 1.54) is 17.4 Å². The number of anilines is 1. The van der Waals surface area contributed by atoms with E-state index < -0.39 is 22.0 Å². The Bertz CT molecular complexity index is 1130. The number of fused-ring (bicyclic) bond motifs is 1. The molecule has 0 radical (unpaired) electrons. The van der Waals surface area contributed by atoms with Crippen molar-refractivity contribution < 1.29 is 26.4 Å². The quantitative estimate of drug-likeness (QED) is 0.600. The minimum atomic E-state index is -4.62. The summed E-state index contributed by atoms with van der Waals surface area (Å²) in [6, 6.07) is 4.79. The SMILES string of the molecule is Cn1c(SCC(=O)N2CCCc3cc(S(=O)(=O)N4CCCC4)ccc32)nnc1C(F)(F)F. The third-order valence-corrected chi connectivity index (χ3v) is 8.49. The number of sulfonamides is 1. The van der Waals surface area contributed by atoms with Gasteiger partial charge in [0.05, 0.1) is 10.6 Å². The Morgan fingerprint density at radius 1 is 1.12 bits per heavy atom. The van der Waals surface area contributed by atoms with Crippen LogP contribution in [0, 0.1) is 0 Å². The fraction of sp³-hybridized carbons (Fsp3) is 0.526. The van der Waals surface area contributed by atoms with Crippen molar-refractivity contribution in [1.29, 1.82) is 0 Å². The second-order valence-corrected chi connectivity index (χ2v) is 10.6. The van der Waals surface area contributed by atoms with Crippen molar-refractivity contribution in [3.8, 4) is 0 Å². The molecule has 1 aromatic carbocycles. The van der Waals surface area contributed by atoms with Crippen LogP contribution in [0.25, 0.3) is 0 Å². The lowest BCUT2D eigenvalue weighted by molar-refractivity contribution is -0.147. The molecule has 2 aliphatic rings. The molecule has 1 amide bonds. The Morgan fingerprint density at radius 2 is 1.84 bits per heavy atom. The van der Waals surface area contributed by atoms with Gasteiger partial charge in [-0.3, -0.25) is 4.79 Å². The minimum Gasteiger partial charge on any atom is -0.311 e. The molecule has 4 rings (SSSR count). The maximum atomic E-state index is 12.9. The van der Waals surface area contributed by atoms with Gasteiger partial charge in [-0.1, -0.05) is 11.8 Å². The first-order chi connectivity index (χ1) is 15.1. The highest BCUT2D eigenvalue weighted by molar-refractivity contribution is 7.99. The van der Waals surface area contributed by atoms with Gasteiger partial charge in [-0.15, -0.1) is 10.2 Å². The van der Waals surface area contributed by atoms with Gasteiger partial charge in [-0.05, 0) is 49.4 Å². The zero-order valence-electron chi connectivity index (χ0n) is 17.3. The standard InChI is InChI=1S/C19H22F3N5O3S2/c1-25-17(19(20,21)22)23-24-18(25)31-12-16(28)27-10-4-5-13-11-14(6-7-15(13)27)32(29,30)26-8-2-3-9-26/h6-7,11H,2-5,8-10,12H2,1H3. The van der Waals surface area contributed by atoms with E-state index in [1.54, 1.807) is 17.0 Å². The van der Waals surface area contributed by atoms with Crippen LogP contribution in [0.3, 0.4) is 0 Å². The molecule has 1 saturated heterocycles. The molecule has 0 saturated carbocycles. The van der Waals surface area contributed by atoms with Crippen LogP contribution in [-0.4, -0.2) is 58.8 Å². The summed E-state index contributed by atoms with van der Waals surface area (Å²) in [5.74, 6) is -1.53. The number of amides is 1. The molecule has 13 heteroatoms. The number of carbonyl (C=O) groups is 1. The van der Waals surface area contributed by atoms with E-state index in [-0.39, 0.29) is 21.7 Å². The van der Waals surface area contributed by atoms with Gasteiger partial charge in [0.15, 0.2) is 5.16 Å². The molecule has 0 N–H and O–H groups in total. The number of rotatable bonds is 5. The summed E-state index contributed by atoms with van der Waals surface area (Å²) in [6.07, 6.45) is -1.61. The lowest BCUT2D eigenvalue weighted by Crippen LogP contribution is -2.37. The van der Waals surface area contributed by atoms with Crippen molar-refractivity contribution in [3.05, 3.63) is 29.6 Å². The molecule has 2 aliphatic heterocycles. The Labute approximate surface area is 187 Å². The van der Waals surface area contributed by atoms with E-state index in [4.69, 9.17) is 0 Å². The van der Waals surface area contributed by atoms with Crippen LogP contribution in [0.5, 0.6) is 0 Å². The third-order valence-electron chi connectivity index (χ3n) is 5.59. The van der Waals surface area contributed by atoms with Gasteiger partial charge >= 0.3 is 6.18 Å². The van der Waals surface area contributed by atoms with Gasteiger partial charge in [0.1, 0.15) is 0 Å². The first-order valence-corrected chi connectivity index (χ1v) is 12.5. The number of halogens is 3. The van der Waals surface area contributed by atoms with Gasteiger partial charge in [-0.2, -0.15) is 17.5 Å². The molecule has 0 unspecified atom stereocenters. The molecular formula is C19H22F3N5O3S2. The van der Waals surface area contributed by atoms with Crippen LogP contribution in [0.2, 0.25) is 0 Å². The third kappa shape index (κ3) is 4.37. The first kappa shape index (κ1) is 23.1. The zero-order valence-corrected chi connectivity index (χ0v) is 18.9. The lowest BCUT2D eigenvalue weighted by Gasteiger charge is -2.30. The van der Waals surface area contributed by atoms with Crippen LogP contribution < -0.4 is 4.90 Å². The second kappa shape index (κ2) is 8.67. The van der Waals surface area contributed by atoms with Crippen molar-refractivity contribution in [2.75, 3.05) is 30.3 Å². The summed E-state index contributed by atoms with van der Waals surface area (Å²) in [5, 5.41) is 6.69. The highest BCUT2D eigenvalue weighted by Gasteiger charge is 2.37. The summed E-state index contributed by atoms with van der Waals surface area (Å²) in [4.78, 5) is 14.6. The average molecular weight is 490 g/mol. The number of carbonyl (C=O) groups excluding carboxylic acids is 1. The molecule has 1 aromatic heterocycles. The summed E-state index contributed by atoms with van der Waals surface area (Å²) in [5.41, 5.74) is 1.41. The van der Waals surface area contributed by atoms with Crippen molar-refractivity contribution in [1.82, 2.24) is 19.1 Å². The molecule has 1 fully saturated rings. The smallest absolute Gasteiger partial charge is 0.311 e. The lowest BCUT2D eigenvalue weighted by atomic mass is 10.0. The molecule has 0 aliphatic carbocycles. The monoisotopic (exact) mass is 489 g/mol. The van der Waals surface area contributed by atoms with Crippen molar-refractivity contribution in [2.45, 2.75) is 41.9 Å². The maximum absolute atomic E-state index is 12.9. The van der Waals surface area contributed by atoms with Crippen LogP contribution in [0.4, 0.5) is 18.9 Å². The highest BCUT2D eigenvalue weighted by Crippen LogP contribution is 2.33. The van der Waals surface area contributed by atoms with Crippen LogP contribution in [-0.2, 0) is 34.5 Å². The predicted octanol–water partition coefficient (Wildman–Crippen LogP) is 2.69. The summed E-state index contributed by atoms with van der Waals surface area (Å²) < 4.78 is 66.6. The molecule has 0 atom stereocenters. The Morgan fingerprint density at radius 3 is 2.50 bits per heavy atom. The van der Waals surface area contributed by atoms with E-state index in [0.29, 0.717) is 38.2 Å². The van der Waals surface area contributed by atoms with Gasteiger partial charge in [-0.25, -0.2) is 8.42 Å². The molecular weight excluding hydrogens is 467 g/mol. The van der Waals surface area contributed by atoms with Crippen molar-refractivity contribution in [2.24, 2.45) is 7.05 Å². The Hall–Kier alpha value is -2.12. The van der Waals surface area contributed by atoms with Crippen LogP contribution in [0.1, 0.15) is 30.7 Å². The van der Waals surface area contributed by atoms with Gasteiger partial charge < -0.3 is 9.47 Å². The number of aryl methyl sites for hydroxylation is 1. The van der Waals surface area contributed by atoms with Gasteiger partial charge in [0, 0.05) is 32.4 Å². The van der Waals surface area contributed by atoms with Crippen LogP contribution >= 0.6 is 11.8 Å². The molecule has 2 aromatic rings. The summed E-state index contributed by atoms with van der Waals surface area (Å²) in [7, 11) is -2.35. The first-order valence-electron chi connectivity index (χ1n) is 10.1. The number of benzene rings is 1. The number of nitrogens with zero attached hydrogens (tertiary/aromatic N) is 5. The fourth-order valence-corrected chi connectivity index (χ4v) is 6.32. The summed E-state index contributed by atoms with van der Waals surface area (Å²) >= 11 is 0.880. The number of hydrogen-bond acceptors (Lipinski definition) is 6. The summed E-state index contributed by atoms with van der Waals surface area (Å²) in [6.45, 7) is 1.48. The van der Waals surface area contributed by atoms with Crippen LogP contribution in [0.15, 0.2) is 28.3 Å². The number of hydrogen-bond donors (Lipinski definition) is 0. The molecule has 3 heterocycles. The molecule has 8 nitrogen and oxygen atoms in total. The average Bonchev–Trinajstić information content (AvgIpc) is 3.41. The van der Waals surface area contributed by atoms with E-state index >= 15 is 0 Å². The Balaban J connectivity index is 1.49. The van der Waals surface area contributed by atoms with E-state index in [1.807, 2.05) is 0 Å². The topological polar surface area (TPSA) is 88.4 Å². The molecule has 0 spiro atoms. The van der Waals surface area contributed by atoms with E-state index in [0.717, 1.165) is 34.7 Å². The number of thioether (sulfide) groups is 1. The fourth-order valence-electron chi connectivity index (χ4n) is 3.96. The predicted molar refractivity (Wildman–Crippen MR) is 112 cm³/mol. The van der Waals surface area contributed by atoms with E-state index in [9.17, 15) is 26.4 Å². The highest BCUT2D eigenvalue weighted by atomic mass is 32.2. The van der Waals surface area contributed by atoms with Gasteiger partial charge in [0.2, 0.25) is 21.8 Å². The molecule has 0 bridgehead atoms. The molecule has 32 heavy (non-hydrogen) atoms. The maximum Gasteiger partial charge on any atom is 0.451 e. The normalized spacial score (nSPS) is 17.6. The minimum absolute atomic E-state index is 0.00466. The van der Waals surface area contributed by atoms with E-state index in [2.05, 4.69) is 10.2 Å². The van der Waals surface area contributed by atoms with Gasteiger partial charge in [0.25, 0.3) is 0 Å². The number of alkyl halides is 3. The largest absolute Gasteiger partial charge is 0.451 e. The van der Waals surface area contributed by atoms with Crippen molar-refractivity contribution >= 4 is 33.4 Å².